The van der Waals surface area contributed by atoms with Crippen LogP contribution in [0, 0.1) is 6.92 Å². The fraction of sp³-hybridized carbons (Fsp3) is 0.125. The van der Waals surface area contributed by atoms with Gasteiger partial charge in [0, 0.05) is 22.7 Å². The van der Waals surface area contributed by atoms with Crippen molar-refractivity contribution in [3.05, 3.63) is 59.8 Å². The van der Waals surface area contributed by atoms with E-state index in [9.17, 15) is 5.11 Å². The Labute approximate surface area is 111 Å². The van der Waals surface area contributed by atoms with E-state index in [0.717, 1.165) is 16.5 Å². The first-order valence-electron chi connectivity index (χ1n) is 6.22. The summed E-state index contributed by atoms with van der Waals surface area (Å²) in [4.78, 5) is 3.26. The number of hydrogen-bond acceptors (Lipinski definition) is 2. The van der Waals surface area contributed by atoms with Crippen LogP contribution in [0.4, 0.5) is 0 Å². The molecule has 1 heterocycles. The highest BCUT2D eigenvalue weighted by Crippen LogP contribution is 2.27. The Bertz CT molecular complexity index is 716. The van der Waals surface area contributed by atoms with Crippen LogP contribution in [-0.4, -0.2) is 10.1 Å². The monoisotopic (exact) mass is 253 g/mol. The van der Waals surface area contributed by atoms with Gasteiger partial charge in [-0.25, -0.2) is 0 Å². The Morgan fingerprint density at radius 1 is 1.11 bits per heavy atom. The molecule has 2 aromatic carbocycles. The van der Waals surface area contributed by atoms with Crippen molar-refractivity contribution in [3.8, 4) is 11.5 Å². The average molecular weight is 253 g/mol. The minimum atomic E-state index is 0.165. The number of aromatic amines is 1. The Kier molecular flexibility index (Phi) is 2.88. The number of rotatable bonds is 3. The summed E-state index contributed by atoms with van der Waals surface area (Å²) in [5, 5.41) is 10.8. The molecule has 19 heavy (non-hydrogen) atoms. The molecule has 0 aliphatic heterocycles. The van der Waals surface area contributed by atoms with Crippen LogP contribution in [0.3, 0.4) is 0 Å². The summed E-state index contributed by atoms with van der Waals surface area (Å²) in [5.74, 6) is 0.669. The second-order valence-electron chi connectivity index (χ2n) is 4.57. The maximum Gasteiger partial charge on any atom is 0.161 e. The van der Waals surface area contributed by atoms with Crippen molar-refractivity contribution in [2.75, 3.05) is 0 Å². The summed E-state index contributed by atoms with van der Waals surface area (Å²) < 4.78 is 5.66. The highest BCUT2D eigenvalue weighted by atomic mass is 16.5. The quantitative estimate of drug-likeness (QED) is 0.746. The summed E-state index contributed by atoms with van der Waals surface area (Å²) >= 11 is 0. The molecule has 3 rings (SSSR count). The van der Waals surface area contributed by atoms with Crippen LogP contribution in [0.15, 0.2) is 48.7 Å². The van der Waals surface area contributed by atoms with Crippen molar-refractivity contribution in [2.45, 2.75) is 13.5 Å². The van der Waals surface area contributed by atoms with Gasteiger partial charge in [0.25, 0.3) is 0 Å². The number of ether oxygens (including phenoxy) is 1. The van der Waals surface area contributed by atoms with E-state index in [2.05, 4.69) is 24.0 Å². The van der Waals surface area contributed by atoms with E-state index in [1.165, 1.54) is 5.56 Å². The number of para-hydroxylation sites is 3. The molecule has 96 valence electrons. The smallest absolute Gasteiger partial charge is 0.161 e. The van der Waals surface area contributed by atoms with Crippen molar-refractivity contribution >= 4 is 10.9 Å². The minimum Gasteiger partial charge on any atom is -0.504 e. The first kappa shape index (κ1) is 11.7. The van der Waals surface area contributed by atoms with Gasteiger partial charge in [0.1, 0.15) is 6.61 Å². The van der Waals surface area contributed by atoms with E-state index >= 15 is 0 Å². The predicted molar refractivity (Wildman–Crippen MR) is 75.5 cm³/mol. The molecule has 0 fully saturated rings. The molecule has 0 aliphatic rings. The zero-order valence-electron chi connectivity index (χ0n) is 10.7. The van der Waals surface area contributed by atoms with Gasteiger partial charge >= 0.3 is 0 Å². The van der Waals surface area contributed by atoms with Gasteiger partial charge in [-0.05, 0) is 24.6 Å². The number of hydrogen-bond donors (Lipinski definition) is 2. The van der Waals surface area contributed by atoms with Crippen LogP contribution >= 0.6 is 0 Å². The largest absolute Gasteiger partial charge is 0.504 e. The second kappa shape index (κ2) is 4.69. The summed E-state index contributed by atoms with van der Waals surface area (Å²) in [7, 11) is 0. The Morgan fingerprint density at radius 2 is 1.95 bits per heavy atom. The van der Waals surface area contributed by atoms with E-state index in [1.54, 1.807) is 18.2 Å². The standard InChI is InChI=1S/C16H15NO2/c1-11-5-4-6-13-12(9-17-16(11)13)10-19-15-8-3-2-7-14(15)18/h2-9,17-18H,10H2,1H3. The first-order chi connectivity index (χ1) is 9.25. The number of benzene rings is 2. The fourth-order valence-corrected chi connectivity index (χ4v) is 2.22. The third kappa shape index (κ3) is 2.15. The lowest BCUT2D eigenvalue weighted by Crippen LogP contribution is -1.94. The first-order valence-corrected chi connectivity index (χ1v) is 6.22. The van der Waals surface area contributed by atoms with Crippen LogP contribution in [0.1, 0.15) is 11.1 Å². The second-order valence-corrected chi connectivity index (χ2v) is 4.57. The SMILES string of the molecule is Cc1cccc2c(COc3ccccc3O)c[nH]c12. The molecule has 1 aromatic heterocycles. The van der Waals surface area contributed by atoms with E-state index in [-0.39, 0.29) is 5.75 Å². The Hall–Kier alpha value is -2.42. The molecule has 0 aliphatic carbocycles. The van der Waals surface area contributed by atoms with Crippen molar-refractivity contribution in [2.24, 2.45) is 0 Å². The maximum absolute atomic E-state index is 9.66. The number of aromatic hydroxyl groups is 1. The number of fused-ring (bicyclic) bond motifs is 1. The van der Waals surface area contributed by atoms with Crippen LogP contribution in [0.5, 0.6) is 11.5 Å². The fourth-order valence-electron chi connectivity index (χ4n) is 2.22. The molecular weight excluding hydrogens is 238 g/mol. The van der Waals surface area contributed by atoms with Crippen molar-refractivity contribution in [1.29, 1.82) is 0 Å². The summed E-state index contributed by atoms with van der Waals surface area (Å²) in [6.07, 6.45) is 1.96. The Morgan fingerprint density at radius 3 is 2.79 bits per heavy atom. The van der Waals surface area contributed by atoms with Crippen LogP contribution < -0.4 is 4.74 Å². The highest BCUT2D eigenvalue weighted by molar-refractivity contribution is 5.85. The third-order valence-corrected chi connectivity index (χ3v) is 3.26. The van der Waals surface area contributed by atoms with E-state index in [4.69, 9.17) is 4.74 Å². The molecule has 3 nitrogen and oxygen atoms in total. The number of nitrogens with one attached hydrogen (secondary N) is 1. The summed E-state index contributed by atoms with van der Waals surface area (Å²) in [5.41, 5.74) is 3.44. The minimum absolute atomic E-state index is 0.165. The molecule has 0 unspecified atom stereocenters. The Balaban J connectivity index is 1.87. The topological polar surface area (TPSA) is 45.2 Å². The third-order valence-electron chi connectivity index (χ3n) is 3.26. The van der Waals surface area contributed by atoms with Crippen molar-refractivity contribution in [3.63, 3.8) is 0 Å². The van der Waals surface area contributed by atoms with Gasteiger partial charge in [-0.3, -0.25) is 0 Å². The molecule has 3 heteroatoms. The normalized spacial score (nSPS) is 10.8. The molecule has 0 atom stereocenters. The molecule has 0 radical (unpaired) electrons. The van der Waals surface area contributed by atoms with E-state index < -0.39 is 0 Å². The van der Waals surface area contributed by atoms with Gasteiger partial charge in [0.15, 0.2) is 11.5 Å². The highest BCUT2D eigenvalue weighted by Gasteiger charge is 2.07. The van der Waals surface area contributed by atoms with E-state index in [1.807, 2.05) is 18.3 Å². The molecule has 0 saturated carbocycles. The molecule has 0 spiro atoms. The van der Waals surface area contributed by atoms with Gasteiger partial charge < -0.3 is 14.8 Å². The average Bonchev–Trinajstić information content (AvgIpc) is 2.83. The van der Waals surface area contributed by atoms with Gasteiger partial charge in [0.2, 0.25) is 0 Å². The van der Waals surface area contributed by atoms with Gasteiger partial charge in [-0.15, -0.1) is 0 Å². The lowest BCUT2D eigenvalue weighted by Gasteiger charge is -2.07. The lowest BCUT2D eigenvalue weighted by molar-refractivity contribution is 0.290. The zero-order chi connectivity index (χ0) is 13.2. The number of phenols is 1. The number of phenolic OH excluding ortho intramolecular Hbond substituents is 1. The van der Waals surface area contributed by atoms with Crippen LogP contribution in [0.2, 0.25) is 0 Å². The molecule has 0 bridgehead atoms. The van der Waals surface area contributed by atoms with Crippen LogP contribution in [0.25, 0.3) is 10.9 Å². The van der Waals surface area contributed by atoms with Gasteiger partial charge in [0.05, 0.1) is 0 Å². The summed E-state index contributed by atoms with van der Waals surface area (Å²) in [6.45, 7) is 2.51. The summed E-state index contributed by atoms with van der Waals surface area (Å²) in [6, 6.07) is 13.2. The zero-order valence-corrected chi connectivity index (χ0v) is 10.7. The molecule has 2 N–H and O–H groups in total. The van der Waals surface area contributed by atoms with Crippen molar-refractivity contribution in [1.82, 2.24) is 4.98 Å². The molecule has 3 aromatic rings. The van der Waals surface area contributed by atoms with Crippen LogP contribution in [-0.2, 0) is 6.61 Å². The van der Waals surface area contributed by atoms with Gasteiger partial charge in [-0.1, -0.05) is 30.3 Å². The lowest BCUT2D eigenvalue weighted by atomic mass is 10.1. The molecular formula is C16H15NO2. The number of aryl methyl sites for hydroxylation is 1. The maximum atomic E-state index is 9.66. The predicted octanol–water partition coefficient (Wildman–Crippen LogP) is 3.76. The molecule has 0 saturated heterocycles. The number of H-pyrrole nitrogens is 1. The van der Waals surface area contributed by atoms with Crippen molar-refractivity contribution < 1.29 is 9.84 Å². The van der Waals surface area contributed by atoms with E-state index in [0.29, 0.717) is 12.4 Å². The van der Waals surface area contributed by atoms with Gasteiger partial charge in [-0.2, -0.15) is 0 Å². The molecule has 0 amide bonds. The number of aromatic nitrogens is 1.